The number of aliphatic hydroxyl groups excluding tert-OH is 1. The van der Waals surface area contributed by atoms with E-state index >= 15 is 0 Å². The number of nitrogens with two attached hydrogens (primary N) is 1. The molecule has 1 saturated heterocycles. The van der Waals surface area contributed by atoms with E-state index in [0.717, 1.165) is 25.9 Å². The van der Waals surface area contributed by atoms with Crippen LogP contribution in [-0.2, 0) is 0 Å². The number of hydrogen-bond acceptors (Lipinski definition) is 3. The van der Waals surface area contributed by atoms with Gasteiger partial charge in [0.1, 0.15) is 0 Å². The first kappa shape index (κ1) is 7.98. The SMILES string of the molecule is N[C@H](CO)C1CCNCC1. The van der Waals surface area contributed by atoms with Crippen molar-refractivity contribution in [1.29, 1.82) is 0 Å². The summed E-state index contributed by atoms with van der Waals surface area (Å²) in [7, 11) is 0. The third kappa shape index (κ3) is 1.94. The van der Waals surface area contributed by atoms with Gasteiger partial charge in [-0.1, -0.05) is 0 Å². The zero-order valence-electron chi connectivity index (χ0n) is 6.21. The van der Waals surface area contributed by atoms with E-state index < -0.39 is 0 Å². The molecule has 0 spiro atoms. The highest BCUT2D eigenvalue weighted by molar-refractivity contribution is 4.77. The summed E-state index contributed by atoms with van der Waals surface area (Å²) in [5.41, 5.74) is 5.67. The molecule has 60 valence electrons. The number of nitrogens with one attached hydrogen (secondary N) is 1. The van der Waals surface area contributed by atoms with Gasteiger partial charge >= 0.3 is 0 Å². The maximum Gasteiger partial charge on any atom is 0.0585 e. The first-order chi connectivity index (χ1) is 4.84. The highest BCUT2D eigenvalue weighted by Gasteiger charge is 2.18. The summed E-state index contributed by atoms with van der Waals surface area (Å²) in [4.78, 5) is 0. The Labute approximate surface area is 61.6 Å². The molecular formula is C7H16N2O. The summed E-state index contributed by atoms with van der Waals surface area (Å²) in [6, 6.07) is 0.00194. The van der Waals surface area contributed by atoms with Gasteiger partial charge in [-0.15, -0.1) is 0 Å². The Hall–Kier alpha value is -0.120. The van der Waals surface area contributed by atoms with Crippen molar-refractivity contribution in [2.75, 3.05) is 19.7 Å². The molecule has 1 aliphatic rings. The summed E-state index contributed by atoms with van der Waals surface area (Å²) in [6.45, 7) is 2.24. The Morgan fingerprint density at radius 1 is 1.50 bits per heavy atom. The van der Waals surface area contributed by atoms with E-state index in [2.05, 4.69) is 5.32 Å². The van der Waals surface area contributed by atoms with Gasteiger partial charge in [0.15, 0.2) is 0 Å². The fraction of sp³-hybridized carbons (Fsp3) is 1.00. The predicted molar refractivity (Wildman–Crippen MR) is 40.7 cm³/mol. The zero-order chi connectivity index (χ0) is 7.40. The Morgan fingerprint density at radius 3 is 2.60 bits per heavy atom. The van der Waals surface area contributed by atoms with Gasteiger partial charge < -0.3 is 16.2 Å². The van der Waals surface area contributed by atoms with Gasteiger partial charge in [0, 0.05) is 6.04 Å². The summed E-state index contributed by atoms with van der Waals surface area (Å²) in [6.07, 6.45) is 2.23. The van der Waals surface area contributed by atoms with E-state index in [1.54, 1.807) is 0 Å². The minimum atomic E-state index is 0.00194. The van der Waals surface area contributed by atoms with Crippen LogP contribution in [0.15, 0.2) is 0 Å². The Kier molecular flexibility index (Phi) is 3.12. The molecule has 1 aliphatic heterocycles. The van der Waals surface area contributed by atoms with Gasteiger partial charge in [-0.05, 0) is 31.8 Å². The number of aliphatic hydroxyl groups is 1. The molecule has 10 heavy (non-hydrogen) atoms. The monoisotopic (exact) mass is 144 g/mol. The smallest absolute Gasteiger partial charge is 0.0585 e. The predicted octanol–water partition coefficient (Wildman–Crippen LogP) is -0.694. The third-order valence-corrected chi connectivity index (χ3v) is 2.20. The molecule has 0 amide bonds. The van der Waals surface area contributed by atoms with Crippen molar-refractivity contribution in [2.24, 2.45) is 11.7 Å². The van der Waals surface area contributed by atoms with Crippen LogP contribution in [0.3, 0.4) is 0 Å². The second-order valence-electron chi connectivity index (χ2n) is 2.93. The van der Waals surface area contributed by atoms with Crippen molar-refractivity contribution in [1.82, 2.24) is 5.32 Å². The van der Waals surface area contributed by atoms with Gasteiger partial charge in [0.2, 0.25) is 0 Å². The van der Waals surface area contributed by atoms with E-state index in [1.807, 2.05) is 0 Å². The highest BCUT2D eigenvalue weighted by Crippen LogP contribution is 2.13. The van der Waals surface area contributed by atoms with Crippen molar-refractivity contribution in [3.05, 3.63) is 0 Å². The maximum atomic E-state index is 8.74. The van der Waals surface area contributed by atoms with E-state index in [-0.39, 0.29) is 12.6 Å². The Morgan fingerprint density at radius 2 is 2.10 bits per heavy atom. The van der Waals surface area contributed by atoms with Gasteiger partial charge in [-0.3, -0.25) is 0 Å². The van der Waals surface area contributed by atoms with Crippen molar-refractivity contribution in [3.8, 4) is 0 Å². The fourth-order valence-corrected chi connectivity index (χ4v) is 1.42. The van der Waals surface area contributed by atoms with Crippen LogP contribution in [0.2, 0.25) is 0 Å². The molecule has 1 rings (SSSR count). The second-order valence-corrected chi connectivity index (χ2v) is 2.93. The number of hydrogen-bond donors (Lipinski definition) is 3. The van der Waals surface area contributed by atoms with Crippen molar-refractivity contribution >= 4 is 0 Å². The molecule has 3 heteroatoms. The molecule has 1 fully saturated rings. The molecule has 1 heterocycles. The fourth-order valence-electron chi connectivity index (χ4n) is 1.42. The van der Waals surface area contributed by atoms with Crippen molar-refractivity contribution in [3.63, 3.8) is 0 Å². The molecule has 0 unspecified atom stereocenters. The standard InChI is InChI=1S/C7H16N2O/c8-7(5-10)6-1-3-9-4-2-6/h6-7,9-10H,1-5,8H2/t7-/m1/s1. The van der Waals surface area contributed by atoms with Crippen molar-refractivity contribution < 1.29 is 5.11 Å². The van der Waals surface area contributed by atoms with E-state index in [9.17, 15) is 0 Å². The van der Waals surface area contributed by atoms with Gasteiger partial charge in [-0.2, -0.15) is 0 Å². The molecule has 3 nitrogen and oxygen atoms in total. The van der Waals surface area contributed by atoms with Crippen LogP contribution < -0.4 is 11.1 Å². The van der Waals surface area contributed by atoms with Crippen LogP contribution in [0.5, 0.6) is 0 Å². The van der Waals surface area contributed by atoms with Crippen LogP contribution in [0, 0.1) is 5.92 Å². The minimum absolute atomic E-state index is 0.00194. The highest BCUT2D eigenvalue weighted by atomic mass is 16.3. The van der Waals surface area contributed by atoms with Gasteiger partial charge in [0.05, 0.1) is 6.61 Å². The largest absolute Gasteiger partial charge is 0.395 e. The van der Waals surface area contributed by atoms with Gasteiger partial charge in [0.25, 0.3) is 0 Å². The summed E-state index contributed by atoms with van der Waals surface area (Å²) in [5.74, 6) is 0.534. The van der Waals surface area contributed by atoms with Crippen LogP contribution in [0.4, 0.5) is 0 Å². The average molecular weight is 144 g/mol. The molecule has 0 aromatic carbocycles. The molecule has 0 radical (unpaired) electrons. The van der Waals surface area contributed by atoms with Crippen LogP contribution in [0.25, 0.3) is 0 Å². The lowest BCUT2D eigenvalue weighted by Gasteiger charge is -2.26. The topological polar surface area (TPSA) is 58.3 Å². The van der Waals surface area contributed by atoms with E-state index in [4.69, 9.17) is 10.8 Å². The zero-order valence-corrected chi connectivity index (χ0v) is 6.21. The Bertz CT molecular complexity index is 91.6. The van der Waals surface area contributed by atoms with E-state index in [0.29, 0.717) is 5.92 Å². The minimum Gasteiger partial charge on any atom is -0.395 e. The molecule has 0 aliphatic carbocycles. The first-order valence-corrected chi connectivity index (χ1v) is 3.91. The maximum absolute atomic E-state index is 8.74. The summed E-state index contributed by atoms with van der Waals surface area (Å²) < 4.78 is 0. The summed E-state index contributed by atoms with van der Waals surface area (Å²) in [5, 5.41) is 12.0. The Balaban J connectivity index is 2.24. The normalized spacial score (nSPS) is 24.6. The number of rotatable bonds is 2. The van der Waals surface area contributed by atoms with Gasteiger partial charge in [-0.25, -0.2) is 0 Å². The average Bonchev–Trinajstić information content (AvgIpc) is 2.05. The third-order valence-electron chi connectivity index (χ3n) is 2.20. The number of piperidine rings is 1. The molecule has 0 saturated carbocycles. The lowest BCUT2D eigenvalue weighted by Crippen LogP contribution is -2.40. The van der Waals surface area contributed by atoms with E-state index in [1.165, 1.54) is 0 Å². The van der Waals surface area contributed by atoms with Crippen LogP contribution in [-0.4, -0.2) is 30.8 Å². The molecule has 0 bridgehead atoms. The lowest BCUT2D eigenvalue weighted by molar-refractivity contribution is 0.203. The quantitative estimate of drug-likeness (QED) is 0.480. The molecule has 0 aromatic rings. The lowest BCUT2D eigenvalue weighted by atomic mass is 9.91. The molecule has 0 aromatic heterocycles. The first-order valence-electron chi connectivity index (χ1n) is 3.91. The molecule has 4 N–H and O–H groups in total. The van der Waals surface area contributed by atoms with Crippen LogP contribution in [0.1, 0.15) is 12.8 Å². The molecule has 1 atom stereocenters. The second kappa shape index (κ2) is 3.91. The van der Waals surface area contributed by atoms with Crippen molar-refractivity contribution in [2.45, 2.75) is 18.9 Å². The van der Waals surface area contributed by atoms with Crippen LogP contribution >= 0.6 is 0 Å². The summed E-state index contributed by atoms with van der Waals surface area (Å²) >= 11 is 0. The molecular weight excluding hydrogens is 128 g/mol.